The number of carbonyl (C=O) groups excluding carboxylic acids is 1. The zero-order chi connectivity index (χ0) is 19.6. The average molecular weight is 408 g/mol. The zero-order valence-electron chi connectivity index (χ0n) is 16.2. The quantitative estimate of drug-likeness (QED) is 0.719. The summed E-state index contributed by atoms with van der Waals surface area (Å²) in [4.78, 5) is 19.8. The Kier molecular flexibility index (Phi) is 6.01. The van der Waals surface area contributed by atoms with Crippen molar-refractivity contribution in [3.8, 4) is 0 Å². The van der Waals surface area contributed by atoms with E-state index in [9.17, 15) is 13.2 Å². The van der Waals surface area contributed by atoms with Gasteiger partial charge >= 0.3 is 0 Å². The highest BCUT2D eigenvalue weighted by Gasteiger charge is 2.37. The van der Waals surface area contributed by atoms with Crippen molar-refractivity contribution < 1.29 is 17.9 Å². The first-order valence-electron chi connectivity index (χ1n) is 10.1. The van der Waals surface area contributed by atoms with Gasteiger partial charge in [-0.15, -0.1) is 0 Å². The molecule has 0 aliphatic carbocycles. The minimum absolute atomic E-state index is 0.136. The Morgan fingerprint density at radius 2 is 1.68 bits per heavy atom. The lowest BCUT2D eigenvalue weighted by Gasteiger charge is -2.42. The van der Waals surface area contributed by atoms with Crippen LogP contribution in [0, 0.1) is 0 Å². The molecule has 3 fully saturated rings. The number of piperazine rings is 1. The van der Waals surface area contributed by atoms with Crippen LogP contribution in [-0.4, -0.2) is 99.1 Å². The predicted molar refractivity (Wildman–Crippen MR) is 107 cm³/mol. The lowest BCUT2D eigenvalue weighted by molar-refractivity contribution is -0.142. The van der Waals surface area contributed by atoms with E-state index in [1.54, 1.807) is 0 Å². The van der Waals surface area contributed by atoms with Crippen LogP contribution in [0.25, 0.3) is 0 Å². The molecular weight excluding hydrogens is 378 g/mol. The Balaban J connectivity index is 1.46. The van der Waals surface area contributed by atoms with Gasteiger partial charge in [0.1, 0.15) is 6.04 Å². The summed E-state index contributed by atoms with van der Waals surface area (Å²) in [6.45, 7) is 5.62. The molecule has 1 aromatic carbocycles. The van der Waals surface area contributed by atoms with Crippen LogP contribution < -0.4 is 0 Å². The molecule has 4 rings (SSSR count). The van der Waals surface area contributed by atoms with Gasteiger partial charge in [-0.05, 0) is 12.0 Å². The zero-order valence-corrected chi connectivity index (χ0v) is 17.0. The maximum atomic E-state index is 13.4. The van der Waals surface area contributed by atoms with Crippen molar-refractivity contribution in [3.05, 3.63) is 35.9 Å². The first-order valence-corrected chi connectivity index (χ1v) is 12.0. The fraction of sp³-hybridized carbons (Fsp3) is 0.650. The van der Waals surface area contributed by atoms with Gasteiger partial charge in [0.05, 0.1) is 24.7 Å². The number of ether oxygens (including phenoxy) is 1. The third kappa shape index (κ3) is 4.40. The molecule has 28 heavy (non-hydrogen) atoms. The maximum absolute atomic E-state index is 13.4. The standard InChI is InChI=1S/C20H29N3O4S/c24-20(23-11-13-27-14-12-23)19(17-4-2-1-3-5-17)22-9-7-21(8-10-22)18-6-15-28(25,26)16-18/h1-5,18-19H,6-16H2/t18-,19-/m1/s1. The van der Waals surface area contributed by atoms with E-state index in [2.05, 4.69) is 9.80 Å². The number of carbonyl (C=O) groups is 1. The normalized spacial score (nSPS) is 27.6. The highest BCUT2D eigenvalue weighted by molar-refractivity contribution is 7.91. The van der Waals surface area contributed by atoms with Crippen LogP contribution >= 0.6 is 0 Å². The lowest BCUT2D eigenvalue weighted by Crippen LogP contribution is -2.55. The number of nitrogens with zero attached hydrogens (tertiary/aromatic N) is 3. The van der Waals surface area contributed by atoms with Crippen LogP contribution in [0.3, 0.4) is 0 Å². The molecule has 2 atom stereocenters. The molecule has 0 N–H and O–H groups in total. The number of hydrogen-bond donors (Lipinski definition) is 0. The van der Waals surface area contributed by atoms with Crippen LogP contribution in [0.2, 0.25) is 0 Å². The van der Waals surface area contributed by atoms with Gasteiger partial charge in [-0.2, -0.15) is 0 Å². The molecule has 0 spiro atoms. The second-order valence-corrected chi connectivity index (χ2v) is 10.1. The Morgan fingerprint density at radius 3 is 2.29 bits per heavy atom. The molecule has 0 radical (unpaired) electrons. The molecule has 3 saturated heterocycles. The van der Waals surface area contributed by atoms with Gasteiger partial charge in [0, 0.05) is 45.3 Å². The highest BCUT2D eigenvalue weighted by Crippen LogP contribution is 2.27. The summed E-state index contributed by atoms with van der Waals surface area (Å²) in [5.41, 5.74) is 1.02. The summed E-state index contributed by atoms with van der Waals surface area (Å²) in [6, 6.07) is 9.84. The number of morpholine rings is 1. The molecule has 3 heterocycles. The van der Waals surface area contributed by atoms with Crippen LogP contribution in [0.4, 0.5) is 0 Å². The van der Waals surface area contributed by atoms with Crippen molar-refractivity contribution in [1.82, 2.24) is 14.7 Å². The Bertz CT molecular complexity index is 772. The van der Waals surface area contributed by atoms with Gasteiger partial charge < -0.3 is 9.64 Å². The van der Waals surface area contributed by atoms with Gasteiger partial charge in [-0.25, -0.2) is 8.42 Å². The van der Waals surface area contributed by atoms with Crippen molar-refractivity contribution in [2.75, 3.05) is 64.0 Å². The minimum atomic E-state index is -2.87. The molecule has 0 saturated carbocycles. The van der Waals surface area contributed by atoms with Crippen LogP contribution in [0.5, 0.6) is 0 Å². The fourth-order valence-electron chi connectivity index (χ4n) is 4.53. The van der Waals surface area contributed by atoms with Crippen LogP contribution in [0.1, 0.15) is 18.0 Å². The highest BCUT2D eigenvalue weighted by atomic mass is 32.2. The molecular formula is C20H29N3O4S. The van der Waals surface area contributed by atoms with Crippen molar-refractivity contribution >= 4 is 15.7 Å². The summed E-state index contributed by atoms with van der Waals surface area (Å²) < 4.78 is 29.0. The van der Waals surface area contributed by atoms with Gasteiger partial charge in [0.15, 0.2) is 9.84 Å². The topological polar surface area (TPSA) is 70.2 Å². The van der Waals surface area contributed by atoms with Crippen molar-refractivity contribution in [2.24, 2.45) is 0 Å². The van der Waals surface area contributed by atoms with E-state index in [4.69, 9.17) is 4.74 Å². The second kappa shape index (κ2) is 8.49. The summed E-state index contributed by atoms with van der Waals surface area (Å²) >= 11 is 0. The molecule has 1 aromatic rings. The average Bonchev–Trinajstić information content (AvgIpc) is 3.10. The Labute approximate surface area is 167 Å². The number of amides is 1. The van der Waals surface area contributed by atoms with Crippen LogP contribution in [0.15, 0.2) is 30.3 Å². The van der Waals surface area contributed by atoms with Crippen molar-refractivity contribution in [1.29, 1.82) is 0 Å². The number of rotatable bonds is 4. The van der Waals surface area contributed by atoms with E-state index in [1.807, 2.05) is 35.2 Å². The van der Waals surface area contributed by atoms with E-state index in [0.29, 0.717) is 32.1 Å². The minimum Gasteiger partial charge on any atom is -0.378 e. The largest absolute Gasteiger partial charge is 0.378 e. The van der Waals surface area contributed by atoms with Gasteiger partial charge in [-0.1, -0.05) is 30.3 Å². The summed E-state index contributed by atoms with van der Waals surface area (Å²) in [7, 11) is -2.87. The number of hydrogen-bond acceptors (Lipinski definition) is 6. The van der Waals surface area contributed by atoms with E-state index in [0.717, 1.165) is 38.2 Å². The molecule has 3 aliphatic rings. The molecule has 3 aliphatic heterocycles. The second-order valence-electron chi connectivity index (χ2n) is 7.88. The van der Waals surface area contributed by atoms with Gasteiger partial charge in [-0.3, -0.25) is 14.6 Å². The predicted octanol–water partition coefficient (Wildman–Crippen LogP) is 0.391. The molecule has 154 valence electrons. The van der Waals surface area contributed by atoms with Gasteiger partial charge in [0.2, 0.25) is 5.91 Å². The molecule has 0 aromatic heterocycles. The van der Waals surface area contributed by atoms with Crippen molar-refractivity contribution in [3.63, 3.8) is 0 Å². The lowest BCUT2D eigenvalue weighted by atomic mass is 10.0. The summed E-state index contributed by atoms with van der Waals surface area (Å²) in [6.07, 6.45) is 0.733. The Hall–Kier alpha value is -1.48. The SMILES string of the molecule is O=C([C@@H](c1ccccc1)N1CCN([C@@H]2CCS(=O)(=O)C2)CC1)N1CCOCC1. The van der Waals surface area contributed by atoms with E-state index >= 15 is 0 Å². The third-order valence-electron chi connectivity index (χ3n) is 6.11. The van der Waals surface area contributed by atoms with Gasteiger partial charge in [0.25, 0.3) is 0 Å². The molecule has 0 bridgehead atoms. The molecule has 7 nitrogen and oxygen atoms in total. The smallest absolute Gasteiger partial charge is 0.244 e. The van der Waals surface area contributed by atoms with E-state index < -0.39 is 9.84 Å². The number of benzene rings is 1. The molecule has 0 unspecified atom stereocenters. The fourth-order valence-corrected chi connectivity index (χ4v) is 6.29. The van der Waals surface area contributed by atoms with Crippen molar-refractivity contribution in [2.45, 2.75) is 18.5 Å². The molecule has 8 heteroatoms. The first kappa shape index (κ1) is 19.8. The Morgan fingerprint density at radius 1 is 1.00 bits per heavy atom. The summed E-state index contributed by atoms with van der Waals surface area (Å²) in [5, 5.41) is 0. The number of sulfone groups is 1. The van der Waals surface area contributed by atoms with E-state index in [-0.39, 0.29) is 23.7 Å². The summed E-state index contributed by atoms with van der Waals surface area (Å²) in [5.74, 6) is 0.730. The first-order chi connectivity index (χ1) is 13.5. The maximum Gasteiger partial charge on any atom is 0.244 e. The third-order valence-corrected chi connectivity index (χ3v) is 7.86. The van der Waals surface area contributed by atoms with E-state index in [1.165, 1.54) is 0 Å². The monoisotopic (exact) mass is 407 g/mol. The van der Waals surface area contributed by atoms with Crippen LogP contribution in [-0.2, 0) is 19.4 Å². The molecule has 1 amide bonds.